The van der Waals surface area contributed by atoms with Crippen molar-refractivity contribution < 1.29 is 9.18 Å². The maximum atomic E-state index is 14.0. The number of nitrogens with zero attached hydrogens (tertiary/aromatic N) is 3. The molecule has 0 fully saturated rings. The number of halogens is 1. The SMILES string of the molecule is O=C(Cc1ccccc1)Nc1cncc(-c2cnc3n[nH]c(-c4cc5c(-c6cccc(F)c6)cccc5[nH]4)c3c2)c1. The Kier molecular flexibility index (Phi) is 6.05. The van der Waals surface area contributed by atoms with Gasteiger partial charge in [0, 0.05) is 39.8 Å². The Bertz CT molecular complexity index is 2050. The van der Waals surface area contributed by atoms with Crippen molar-refractivity contribution in [1.29, 1.82) is 0 Å². The van der Waals surface area contributed by atoms with E-state index in [9.17, 15) is 9.18 Å². The molecule has 7 nitrogen and oxygen atoms in total. The second kappa shape index (κ2) is 10.2. The van der Waals surface area contributed by atoms with E-state index in [0.717, 1.165) is 55.5 Å². The van der Waals surface area contributed by atoms with Crippen molar-refractivity contribution in [3.63, 3.8) is 0 Å². The van der Waals surface area contributed by atoms with Crippen molar-refractivity contribution in [2.75, 3.05) is 5.32 Å². The fourth-order valence-corrected chi connectivity index (χ4v) is 5.11. The summed E-state index contributed by atoms with van der Waals surface area (Å²) in [5.74, 6) is -0.389. The second-order valence-electron chi connectivity index (χ2n) is 9.83. The molecule has 0 bridgehead atoms. The van der Waals surface area contributed by atoms with Crippen LogP contribution in [-0.4, -0.2) is 31.1 Å². The van der Waals surface area contributed by atoms with E-state index < -0.39 is 0 Å². The van der Waals surface area contributed by atoms with Gasteiger partial charge in [0.1, 0.15) is 5.82 Å². The van der Waals surface area contributed by atoms with Gasteiger partial charge >= 0.3 is 0 Å². The smallest absolute Gasteiger partial charge is 0.228 e. The number of H-pyrrole nitrogens is 2. The Balaban J connectivity index is 1.21. The number of hydrogen-bond acceptors (Lipinski definition) is 4. The molecule has 0 aliphatic carbocycles. The summed E-state index contributed by atoms with van der Waals surface area (Å²) >= 11 is 0. The summed E-state index contributed by atoms with van der Waals surface area (Å²) in [4.78, 5) is 25.0. The Morgan fingerprint density at radius 3 is 2.54 bits per heavy atom. The molecule has 0 radical (unpaired) electrons. The van der Waals surface area contributed by atoms with Gasteiger partial charge in [0.05, 0.1) is 29.7 Å². The van der Waals surface area contributed by atoms with Crippen molar-refractivity contribution in [3.05, 3.63) is 121 Å². The molecule has 0 saturated carbocycles. The number of amides is 1. The third-order valence-electron chi connectivity index (χ3n) is 7.04. The summed E-state index contributed by atoms with van der Waals surface area (Å²) in [6.45, 7) is 0. The Morgan fingerprint density at radius 1 is 0.805 bits per heavy atom. The van der Waals surface area contributed by atoms with Gasteiger partial charge in [0.2, 0.25) is 5.91 Å². The molecule has 3 aromatic carbocycles. The van der Waals surface area contributed by atoms with Crippen LogP contribution in [-0.2, 0) is 11.2 Å². The lowest BCUT2D eigenvalue weighted by Gasteiger charge is -2.07. The molecular formula is C33H23FN6O. The summed E-state index contributed by atoms with van der Waals surface area (Å²) in [5.41, 5.74) is 8.07. The molecule has 0 aliphatic heterocycles. The predicted octanol–water partition coefficient (Wildman–Crippen LogP) is 7.16. The van der Waals surface area contributed by atoms with E-state index in [2.05, 4.69) is 30.5 Å². The minimum absolute atomic E-state index is 0.114. The summed E-state index contributed by atoms with van der Waals surface area (Å²) in [6, 6.07) is 28.1. The molecule has 4 aromatic heterocycles. The van der Waals surface area contributed by atoms with E-state index in [1.807, 2.05) is 72.8 Å². The lowest BCUT2D eigenvalue weighted by atomic mass is 10.0. The summed E-state index contributed by atoms with van der Waals surface area (Å²) < 4.78 is 14.0. The number of nitrogens with one attached hydrogen (secondary N) is 3. The third kappa shape index (κ3) is 4.83. The normalized spacial score (nSPS) is 11.2. The number of fused-ring (bicyclic) bond motifs is 2. The highest BCUT2D eigenvalue weighted by molar-refractivity contribution is 6.01. The number of carbonyl (C=O) groups excluding carboxylic acids is 1. The zero-order valence-electron chi connectivity index (χ0n) is 21.7. The van der Waals surface area contributed by atoms with Crippen LogP contribution in [0.25, 0.3) is 55.6 Å². The maximum absolute atomic E-state index is 14.0. The first-order chi connectivity index (χ1) is 20.1. The number of hydrogen-bond donors (Lipinski definition) is 3. The first kappa shape index (κ1) is 24.4. The number of pyridine rings is 2. The largest absolute Gasteiger partial charge is 0.353 e. The highest BCUT2D eigenvalue weighted by atomic mass is 19.1. The molecule has 0 aliphatic rings. The Morgan fingerprint density at radius 2 is 1.66 bits per heavy atom. The quantitative estimate of drug-likeness (QED) is 0.209. The van der Waals surface area contributed by atoms with Crippen LogP contribution >= 0.6 is 0 Å². The van der Waals surface area contributed by atoms with Crippen LogP contribution in [0.5, 0.6) is 0 Å². The van der Waals surface area contributed by atoms with E-state index in [-0.39, 0.29) is 18.1 Å². The van der Waals surface area contributed by atoms with Crippen molar-refractivity contribution in [3.8, 4) is 33.6 Å². The standard InChI is InChI=1S/C33H23FN6O/c34-24-9-4-8-21(13-24)26-10-5-11-29-27(26)16-30(38-29)32-28-15-23(18-36-33(28)40-39-32)22-14-25(19-35-17-22)37-31(41)12-20-6-2-1-3-7-20/h1-11,13-19,38H,12H2,(H,37,41)(H,36,39,40). The summed E-state index contributed by atoms with van der Waals surface area (Å²) in [7, 11) is 0. The van der Waals surface area contributed by atoms with Crippen molar-refractivity contribution in [2.24, 2.45) is 0 Å². The number of benzene rings is 3. The van der Waals surface area contributed by atoms with Crippen molar-refractivity contribution >= 4 is 33.5 Å². The molecule has 3 N–H and O–H groups in total. The first-order valence-electron chi connectivity index (χ1n) is 13.1. The minimum Gasteiger partial charge on any atom is -0.353 e. The van der Waals surface area contributed by atoms with E-state index in [1.165, 1.54) is 12.1 Å². The number of aromatic nitrogens is 5. The molecule has 4 heterocycles. The molecule has 0 spiro atoms. The zero-order valence-corrected chi connectivity index (χ0v) is 21.7. The number of carbonyl (C=O) groups is 1. The first-order valence-corrected chi connectivity index (χ1v) is 13.1. The number of anilines is 1. The van der Waals surface area contributed by atoms with Crippen LogP contribution in [0.2, 0.25) is 0 Å². The fourth-order valence-electron chi connectivity index (χ4n) is 5.11. The fraction of sp³-hybridized carbons (Fsp3) is 0.0303. The van der Waals surface area contributed by atoms with Crippen LogP contribution in [0.4, 0.5) is 10.1 Å². The number of aromatic amines is 2. The second-order valence-corrected chi connectivity index (χ2v) is 9.83. The monoisotopic (exact) mass is 538 g/mol. The maximum Gasteiger partial charge on any atom is 0.228 e. The van der Waals surface area contributed by atoms with Gasteiger partial charge in [-0.1, -0.05) is 54.6 Å². The topological polar surface area (TPSA) is 99.3 Å². The van der Waals surface area contributed by atoms with Gasteiger partial charge in [-0.05, 0) is 53.1 Å². The molecule has 0 saturated heterocycles. The Hall–Kier alpha value is -5.63. The van der Waals surface area contributed by atoms with Gasteiger partial charge in [-0.3, -0.25) is 14.9 Å². The van der Waals surface area contributed by atoms with Crippen molar-refractivity contribution in [2.45, 2.75) is 6.42 Å². The van der Waals surface area contributed by atoms with Gasteiger partial charge in [-0.25, -0.2) is 9.37 Å². The molecule has 198 valence electrons. The molecule has 7 rings (SSSR count). The van der Waals surface area contributed by atoms with Gasteiger partial charge in [0.25, 0.3) is 0 Å². The van der Waals surface area contributed by atoms with Crippen molar-refractivity contribution in [1.82, 2.24) is 25.1 Å². The van der Waals surface area contributed by atoms with Crippen LogP contribution in [0.1, 0.15) is 5.56 Å². The predicted molar refractivity (Wildman–Crippen MR) is 159 cm³/mol. The van der Waals surface area contributed by atoms with Crippen LogP contribution < -0.4 is 5.32 Å². The summed E-state index contributed by atoms with van der Waals surface area (Å²) in [6.07, 6.45) is 5.39. The van der Waals surface area contributed by atoms with E-state index in [0.29, 0.717) is 11.3 Å². The molecule has 41 heavy (non-hydrogen) atoms. The highest BCUT2D eigenvalue weighted by Gasteiger charge is 2.15. The van der Waals surface area contributed by atoms with Crippen LogP contribution in [0, 0.1) is 5.82 Å². The van der Waals surface area contributed by atoms with E-state index >= 15 is 0 Å². The molecule has 1 amide bonds. The third-order valence-corrected chi connectivity index (χ3v) is 7.04. The molecule has 0 unspecified atom stereocenters. The lowest BCUT2D eigenvalue weighted by Crippen LogP contribution is -2.14. The van der Waals surface area contributed by atoms with Crippen LogP contribution in [0.15, 0.2) is 110 Å². The Labute approximate surface area is 234 Å². The van der Waals surface area contributed by atoms with Gasteiger partial charge in [0.15, 0.2) is 5.65 Å². The lowest BCUT2D eigenvalue weighted by molar-refractivity contribution is -0.115. The molecule has 7 aromatic rings. The van der Waals surface area contributed by atoms with Gasteiger partial charge in [-0.15, -0.1) is 0 Å². The highest BCUT2D eigenvalue weighted by Crippen LogP contribution is 2.35. The average molecular weight is 539 g/mol. The summed E-state index contributed by atoms with van der Waals surface area (Å²) in [5, 5.41) is 12.3. The molecular weight excluding hydrogens is 515 g/mol. The van der Waals surface area contributed by atoms with E-state index in [1.54, 1.807) is 24.7 Å². The zero-order chi connectivity index (χ0) is 27.8. The van der Waals surface area contributed by atoms with Gasteiger partial charge < -0.3 is 10.3 Å². The number of rotatable bonds is 6. The molecule has 0 atom stereocenters. The average Bonchev–Trinajstić information content (AvgIpc) is 3.61. The van der Waals surface area contributed by atoms with E-state index in [4.69, 9.17) is 0 Å². The molecule has 8 heteroatoms. The van der Waals surface area contributed by atoms with Crippen LogP contribution in [0.3, 0.4) is 0 Å². The minimum atomic E-state index is -0.275. The van der Waals surface area contributed by atoms with Gasteiger partial charge in [-0.2, -0.15) is 5.10 Å².